The van der Waals surface area contributed by atoms with E-state index in [-0.39, 0.29) is 12.0 Å². The number of hydrogen-bond acceptors (Lipinski definition) is 5. The molecule has 2 aromatic carbocycles. The SMILES string of the molecule is CCCOc1cccc(C(=O)Nc2scc(-c3ccccc3)c2C(=O)OC(C)C)c1. The highest BCUT2D eigenvalue weighted by molar-refractivity contribution is 7.15. The lowest BCUT2D eigenvalue weighted by Gasteiger charge is -2.12. The molecule has 0 spiro atoms. The molecular weight excluding hydrogens is 398 g/mol. The monoisotopic (exact) mass is 423 g/mol. The molecule has 0 saturated carbocycles. The van der Waals surface area contributed by atoms with Crippen molar-refractivity contribution in [2.45, 2.75) is 33.3 Å². The molecule has 156 valence electrons. The molecule has 0 radical (unpaired) electrons. The first-order valence-electron chi connectivity index (χ1n) is 9.91. The number of anilines is 1. The van der Waals surface area contributed by atoms with Gasteiger partial charge in [-0.05, 0) is 44.0 Å². The zero-order chi connectivity index (χ0) is 21.5. The Kier molecular flexibility index (Phi) is 7.25. The summed E-state index contributed by atoms with van der Waals surface area (Å²) in [4.78, 5) is 25.7. The third-order valence-electron chi connectivity index (χ3n) is 4.22. The maximum Gasteiger partial charge on any atom is 0.342 e. The van der Waals surface area contributed by atoms with E-state index >= 15 is 0 Å². The fourth-order valence-electron chi connectivity index (χ4n) is 2.88. The molecule has 1 amide bonds. The van der Waals surface area contributed by atoms with Gasteiger partial charge < -0.3 is 14.8 Å². The summed E-state index contributed by atoms with van der Waals surface area (Å²) in [5.74, 6) is -0.127. The Balaban J connectivity index is 1.91. The molecule has 0 atom stereocenters. The van der Waals surface area contributed by atoms with Crippen molar-refractivity contribution in [3.8, 4) is 16.9 Å². The van der Waals surface area contributed by atoms with E-state index in [0.29, 0.717) is 28.5 Å². The van der Waals surface area contributed by atoms with E-state index in [4.69, 9.17) is 9.47 Å². The van der Waals surface area contributed by atoms with E-state index < -0.39 is 5.97 Å². The molecule has 0 saturated heterocycles. The van der Waals surface area contributed by atoms with Crippen molar-refractivity contribution in [3.05, 3.63) is 71.1 Å². The lowest BCUT2D eigenvalue weighted by molar-refractivity contribution is 0.0380. The standard InChI is InChI=1S/C24H25NO4S/c1-4-13-28-19-12-8-11-18(14-19)22(26)25-23-21(24(27)29-16(2)3)20(15-30-23)17-9-6-5-7-10-17/h5-12,14-16H,4,13H2,1-3H3,(H,25,26). The summed E-state index contributed by atoms with van der Waals surface area (Å²) < 4.78 is 11.1. The second-order valence-electron chi connectivity index (χ2n) is 7.00. The number of carbonyl (C=O) groups excluding carboxylic acids is 2. The van der Waals surface area contributed by atoms with Crippen molar-refractivity contribution in [2.75, 3.05) is 11.9 Å². The first-order valence-corrected chi connectivity index (χ1v) is 10.8. The molecule has 0 bridgehead atoms. The van der Waals surface area contributed by atoms with Crippen LogP contribution in [0.15, 0.2) is 60.0 Å². The van der Waals surface area contributed by atoms with Crippen molar-refractivity contribution in [1.29, 1.82) is 0 Å². The van der Waals surface area contributed by atoms with Crippen LogP contribution in [0.2, 0.25) is 0 Å². The van der Waals surface area contributed by atoms with Crippen LogP contribution >= 0.6 is 11.3 Å². The Bertz CT molecular complexity index is 1010. The Hall–Kier alpha value is -3.12. The number of esters is 1. The number of nitrogens with one attached hydrogen (secondary N) is 1. The minimum absolute atomic E-state index is 0.267. The van der Waals surface area contributed by atoms with Crippen LogP contribution in [0.5, 0.6) is 5.75 Å². The molecule has 1 N–H and O–H groups in total. The Morgan fingerprint density at radius 3 is 2.53 bits per heavy atom. The number of ether oxygens (including phenoxy) is 2. The fourth-order valence-corrected chi connectivity index (χ4v) is 3.83. The van der Waals surface area contributed by atoms with Crippen LogP contribution in [0.3, 0.4) is 0 Å². The molecular formula is C24H25NO4S. The molecule has 3 aromatic rings. The van der Waals surface area contributed by atoms with Gasteiger partial charge in [-0.25, -0.2) is 4.79 Å². The summed E-state index contributed by atoms with van der Waals surface area (Å²) in [5.41, 5.74) is 2.45. The summed E-state index contributed by atoms with van der Waals surface area (Å²) >= 11 is 1.30. The van der Waals surface area contributed by atoms with Crippen LogP contribution in [-0.4, -0.2) is 24.6 Å². The second-order valence-corrected chi connectivity index (χ2v) is 7.88. The van der Waals surface area contributed by atoms with Crippen molar-refractivity contribution in [1.82, 2.24) is 0 Å². The minimum atomic E-state index is -0.458. The maximum absolute atomic E-state index is 12.9. The second kappa shape index (κ2) is 10.1. The average molecular weight is 424 g/mol. The highest BCUT2D eigenvalue weighted by Gasteiger charge is 2.24. The van der Waals surface area contributed by atoms with Gasteiger partial charge in [0.2, 0.25) is 0 Å². The Morgan fingerprint density at radius 2 is 1.83 bits per heavy atom. The number of amides is 1. The lowest BCUT2D eigenvalue weighted by atomic mass is 10.0. The van der Waals surface area contributed by atoms with Gasteiger partial charge in [-0.3, -0.25) is 4.79 Å². The van der Waals surface area contributed by atoms with E-state index in [1.165, 1.54) is 11.3 Å². The highest BCUT2D eigenvalue weighted by Crippen LogP contribution is 2.36. The normalized spacial score (nSPS) is 10.7. The average Bonchev–Trinajstić information content (AvgIpc) is 3.16. The van der Waals surface area contributed by atoms with Gasteiger partial charge in [-0.1, -0.05) is 43.3 Å². The van der Waals surface area contributed by atoms with Crippen LogP contribution < -0.4 is 10.1 Å². The molecule has 5 nitrogen and oxygen atoms in total. The summed E-state index contributed by atoms with van der Waals surface area (Å²) in [5, 5.41) is 5.20. The van der Waals surface area contributed by atoms with Crippen molar-refractivity contribution in [2.24, 2.45) is 0 Å². The van der Waals surface area contributed by atoms with Crippen LogP contribution in [0.1, 0.15) is 47.9 Å². The van der Waals surface area contributed by atoms with Crippen LogP contribution in [0.25, 0.3) is 11.1 Å². The summed E-state index contributed by atoms with van der Waals surface area (Å²) in [6.07, 6.45) is 0.617. The number of thiophene rings is 1. The molecule has 0 unspecified atom stereocenters. The van der Waals surface area contributed by atoms with E-state index in [0.717, 1.165) is 17.5 Å². The zero-order valence-electron chi connectivity index (χ0n) is 17.3. The third kappa shape index (κ3) is 5.27. The Morgan fingerprint density at radius 1 is 1.07 bits per heavy atom. The van der Waals surface area contributed by atoms with Gasteiger partial charge in [0.05, 0.1) is 12.7 Å². The first kappa shape index (κ1) is 21.6. The first-order chi connectivity index (χ1) is 14.5. The number of benzene rings is 2. The van der Waals surface area contributed by atoms with E-state index in [1.54, 1.807) is 32.0 Å². The number of rotatable bonds is 8. The molecule has 1 heterocycles. The summed E-state index contributed by atoms with van der Waals surface area (Å²) in [7, 11) is 0. The van der Waals surface area contributed by atoms with Gasteiger partial charge in [-0.15, -0.1) is 11.3 Å². The zero-order valence-corrected chi connectivity index (χ0v) is 18.1. The molecule has 6 heteroatoms. The minimum Gasteiger partial charge on any atom is -0.494 e. The van der Waals surface area contributed by atoms with E-state index in [1.807, 2.05) is 48.7 Å². The van der Waals surface area contributed by atoms with E-state index in [2.05, 4.69) is 5.32 Å². The molecule has 0 aliphatic heterocycles. The molecule has 30 heavy (non-hydrogen) atoms. The van der Waals surface area contributed by atoms with Crippen molar-refractivity contribution < 1.29 is 19.1 Å². The van der Waals surface area contributed by atoms with Crippen LogP contribution in [0, 0.1) is 0 Å². The van der Waals surface area contributed by atoms with Crippen LogP contribution in [0.4, 0.5) is 5.00 Å². The molecule has 0 aliphatic carbocycles. The van der Waals surface area contributed by atoms with Gasteiger partial charge in [-0.2, -0.15) is 0 Å². The summed E-state index contributed by atoms with van der Waals surface area (Å²) in [6, 6.07) is 16.6. The maximum atomic E-state index is 12.9. The predicted molar refractivity (Wildman–Crippen MR) is 120 cm³/mol. The quantitative estimate of drug-likeness (QED) is 0.450. The molecule has 3 rings (SSSR count). The number of hydrogen-bond donors (Lipinski definition) is 1. The van der Waals surface area contributed by atoms with Crippen molar-refractivity contribution in [3.63, 3.8) is 0 Å². The topological polar surface area (TPSA) is 64.6 Å². The van der Waals surface area contributed by atoms with Crippen molar-refractivity contribution >= 4 is 28.2 Å². The largest absolute Gasteiger partial charge is 0.494 e. The van der Waals surface area contributed by atoms with Gasteiger partial charge in [0.1, 0.15) is 16.3 Å². The lowest BCUT2D eigenvalue weighted by Crippen LogP contribution is -2.17. The number of carbonyl (C=O) groups is 2. The van der Waals surface area contributed by atoms with Gasteiger partial charge in [0.25, 0.3) is 5.91 Å². The predicted octanol–water partition coefficient (Wildman–Crippen LogP) is 6.02. The molecule has 0 fully saturated rings. The summed E-state index contributed by atoms with van der Waals surface area (Å²) in [6.45, 7) is 6.20. The smallest absolute Gasteiger partial charge is 0.342 e. The molecule has 1 aromatic heterocycles. The Labute approximate surface area is 180 Å². The van der Waals surface area contributed by atoms with Gasteiger partial charge >= 0.3 is 5.97 Å². The highest BCUT2D eigenvalue weighted by atomic mass is 32.1. The van der Waals surface area contributed by atoms with Gasteiger partial charge in [0, 0.05) is 16.5 Å². The van der Waals surface area contributed by atoms with E-state index in [9.17, 15) is 9.59 Å². The fraction of sp³-hybridized carbons (Fsp3) is 0.250. The van der Waals surface area contributed by atoms with Gasteiger partial charge in [0.15, 0.2) is 0 Å². The third-order valence-corrected chi connectivity index (χ3v) is 5.11. The molecule has 0 aliphatic rings. The van der Waals surface area contributed by atoms with Crippen LogP contribution in [-0.2, 0) is 4.74 Å².